The minimum Gasteiger partial charge on any atom is -0.497 e. The quantitative estimate of drug-likeness (QED) is 0.845. The number of fused-ring (bicyclic) bond motifs is 1. The maximum atomic E-state index is 5.66. The molecule has 1 atom stereocenters. The normalized spacial score (nSPS) is 12.8. The molecule has 0 aliphatic carbocycles. The van der Waals surface area contributed by atoms with E-state index >= 15 is 0 Å². The number of nitrogens with two attached hydrogens (primary N) is 1. The van der Waals surface area contributed by atoms with Crippen LogP contribution in [0.1, 0.15) is 32.0 Å². The summed E-state index contributed by atoms with van der Waals surface area (Å²) in [5, 5.41) is 0. The Kier molecular flexibility index (Phi) is 5.01. The number of aryl methyl sites for hydroxylation is 2. The average Bonchev–Trinajstić information content (AvgIpc) is 2.79. The Labute approximate surface area is 120 Å². The molecule has 0 saturated carbocycles. The summed E-state index contributed by atoms with van der Waals surface area (Å²) in [7, 11) is 3.77. The van der Waals surface area contributed by atoms with Gasteiger partial charge < -0.3 is 15.0 Å². The van der Waals surface area contributed by atoms with Gasteiger partial charge in [-0.1, -0.05) is 13.3 Å². The van der Waals surface area contributed by atoms with Gasteiger partial charge in [0.15, 0.2) is 0 Å². The Balaban J connectivity index is 2.15. The van der Waals surface area contributed by atoms with Gasteiger partial charge in [0, 0.05) is 19.5 Å². The number of nitrogens with zero attached hydrogens (tertiary/aromatic N) is 2. The van der Waals surface area contributed by atoms with Gasteiger partial charge in [-0.25, -0.2) is 4.98 Å². The second-order valence-corrected chi connectivity index (χ2v) is 5.33. The Morgan fingerprint density at radius 3 is 2.80 bits per heavy atom. The number of aromatic nitrogens is 2. The third-order valence-electron chi connectivity index (χ3n) is 4.11. The fourth-order valence-corrected chi connectivity index (χ4v) is 2.70. The van der Waals surface area contributed by atoms with Crippen LogP contribution in [0.15, 0.2) is 18.2 Å². The van der Waals surface area contributed by atoms with E-state index in [2.05, 4.69) is 24.6 Å². The third kappa shape index (κ3) is 3.12. The summed E-state index contributed by atoms with van der Waals surface area (Å²) in [6, 6.07) is 6.05. The molecule has 20 heavy (non-hydrogen) atoms. The highest BCUT2D eigenvalue weighted by molar-refractivity contribution is 5.77. The molecule has 1 aromatic heterocycles. The number of ether oxygens (including phenoxy) is 1. The van der Waals surface area contributed by atoms with Crippen molar-refractivity contribution in [3.8, 4) is 5.75 Å². The molecule has 0 spiro atoms. The topological polar surface area (TPSA) is 53.1 Å². The molecule has 0 saturated heterocycles. The fraction of sp³-hybridized carbons (Fsp3) is 0.562. The first-order valence-electron chi connectivity index (χ1n) is 7.39. The van der Waals surface area contributed by atoms with Crippen molar-refractivity contribution in [2.45, 2.75) is 32.6 Å². The maximum Gasteiger partial charge on any atom is 0.121 e. The average molecular weight is 275 g/mol. The summed E-state index contributed by atoms with van der Waals surface area (Å²) in [6.07, 6.45) is 4.46. The first-order chi connectivity index (χ1) is 9.69. The lowest BCUT2D eigenvalue weighted by atomic mass is 9.96. The molecule has 2 rings (SSSR count). The van der Waals surface area contributed by atoms with E-state index in [-0.39, 0.29) is 0 Å². The molecule has 0 amide bonds. The van der Waals surface area contributed by atoms with Crippen molar-refractivity contribution in [2.24, 2.45) is 18.7 Å². The van der Waals surface area contributed by atoms with Gasteiger partial charge in [-0.05, 0) is 37.4 Å². The highest BCUT2D eigenvalue weighted by Crippen LogP contribution is 2.23. The Bertz CT molecular complexity index is 562. The van der Waals surface area contributed by atoms with Crippen LogP contribution in [-0.2, 0) is 13.5 Å². The van der Waals surface area contributed by atoms with E-state index in [1.807, 2.05) is 12.1 Å². The summed E-state index contributed by atoms with van der Waals surface area (Å²) in [5.41, 5.74) is 7.83. The zero-order valence-electron chi connectivity index (χ0n) is 12.7. The Morgan fingerprint density at radius 1 is 1.35 bits per heavy atom. The molecule has 2 N–H and O–H groups in total. The third-order valence-corrected chi connectivity index (χ3v) is 4.11. The standard InChI is InChI=1S/C16H25N3O/c1-4-12(9-10-17)5-8-16-18-14-11-13(20-3)6-7-15(14)19(16)2/h6-7,11-12H,4-5,8-10,17H2,1-3H3. The van der Waals surface area contributed by atoms with Crippen molar-refractivity contribution in [3.63, 3.8) is 0 Å². The molecule has 0 radical (unpaired) electrons. The number of imidazole rings is 1. The van der Waals surface area contributed by atoms with Crippen molar-refractivity contribution in [1.82, 2.24) is 9.55 Å². The SMILES string of the molecule is CCC(CCN)CCc1nc2cc(OC)ccc2n1C. The van der Waals surface area contributed by atoms with Gasteiger partial charge in [-0.15, -0.1) is 0 Å². The molecular formula is C16H25N3O. The van der Waals surface area contributed by atoms with Gasteiger partial charge in [0.1, 0.15) is 11.6 Å². The zero-order valence-corrected chi connectivity index (χ0v) is 12.7. The molecule has 0 aliphatic heterocycles. The summed E-state index contributed by atoms with van der Waals surface area (Å²) in [5.74, 6) is 2.70. The van der Waals surface area contributed by atoms with Crippen molar-refractivity contribution in [1.29, 1.82) is 0 Å². The van der Waals surface area contributed by atoms with Gasteiger partial charge in [-0.3, -0.25) is 0 Å². The van der Waals surface area contributed by atoms with E-state index in [0.29, 0.717) is 5.92 Å². The lowest BCUT2D eigenvalue weighted by molar-refractivity contribution is 0.415. The Morgan fingerprint density at radius 2 is 2.15 bits per heavy atom. The molecule has 4 heteroatoms. The smallest absolute Gasteiger partial charge is 0.121 e. The monoisotopic (exact) mass is 275 g/mol. The van der Waals surface area contributed by atoms with E-state index in [1.165, 1.54) is 6.42 Å². The summed E-state index contributed by atoms with van der Waals surface area (Å²) in [6.45, 7) is 3.01. The van der Waals surface area contributed by atoms with Gasteiger partial charge in [-0.2, -0.15) is 0 Å². The molecule has 0 fully saturated rings. The van der Waals surface area contributed by atoms with Crippen molar-refractivity contribution in [3.05, 3.63) is 24.0 Å². The van der Waals surface area contributed by atoms with Crippen molar-refractivity contribution >= 4 is 11.0 Å². The number of hydrogen-bond acceptors (Lipinski definition) is 3. The first-order valence-corrected chi connectivity index (χ1v) is 7.39. The second-order valence-electron chi connectivity index (χ2n) is 5.33. The number of benzene rings is 1. The van der Waals surface area contributed by atoms with E-state index in [1.54, 1.807) is 7.11 Å². The molecule has 1 heterocycles. The van der Waals surface area contributed by atoms with Crippen LogP contribution in [0, 0.1) is 5.92 Å². The van der Waals surface area contributed by atoms with Gasteiger partial charge >= 0.3 is 0 Å². The maximum absolute atomic E-state index is 5.66. The summed E-state index contributed by atoms with van der Waals surface area (Å²) >= 11 is 0. The number of rotatable bonds is 7. The summed E-state index contributed by atoms with van der Waals surface area (Å²) < 4.78 is 7.44. The molecule has 110 valence electrons. The minimum atomic E-state index is 0.703. The fourth-order valence-electron chi connectivity index (χ4n) is 2.70. The highest BCUT2D eigenvalue weighted by atomic mass is 16.5. The largest absolute Gasteiger partial charge is 0.497 e. The predicted molar refractivity (Wildman–Crippen MR) is 83.0 cm³/mol. The van der Waals surface area contributed by atoms with Crippen LogP contribution in [0.5, 0.6) is 5.75 Å². The van der Waals surface area contributed by atoms with E-state index in [0.717, 1.165) is 48.4 Å². The number of methoxy groups -OCH3 is 1. The number of hydrogen-bond donors (Lipinski definition) is 1. The molecular weight excluding hydrogens is 250 g/mol. The molecule has 4 nitrogen and oxygen atoms in total. The molecule has 1 unspecified atom stereocenters. The van der Waals surface area contributed by atoms with Crippen molar-refractivity contribution in [2.75, 3.05) is 13.7 Å². The van der Waals surface area contributed by atoms with Gasteiger partial charge in [0.05, 0.1) is 18.1 Å². The minimum absolute atomic E-state index is 0.703. The van der Waals surface area contributed by atoms with Crippen LogP contribution in [0.25, 0.3) is 11.0 Å². The highest BCUT2D eigenvalue weighted by Gasteiger charge is 2.11. The van der Waals surface area contributed by atoms with E-state index in [4.69, 9.17) is 15.5 Å². The molecule has 2 aromatic rings. The first kappa shape index (κ1) is 14.9. The van der Waals surface area contributed by atoms with Gasteiger partial charge in [0.25, 0.3) is 0 Å². The lowest BCUT2D eigenvalue weighted by Crippen LogP contribution is -2.10. The second kappa shape index (κ2) is 6.75. The van der Waals surface area contributed by atoms with Crippen LogP contribution < -0.4 is 10.5 Å². The van der Waals surface area contributed by atoms with Crippen LogP contribution in [0.4, 0.5) is 0 Å². The zero-order chi connectivity index (χ0) is 14.5. The molecule has 1 aromatic carbocycles. The lowest BCUT2D eigenvalue weighted by Gasteiger charge is -2.12. The van der Waals surface area contributed by atoms with Crippen molar-refractivity contribution < 1.29 is 4.74 Å². The molecule has 0 bridgehead atoms. The van der Waals surface area contributed by atoms with E-state index < -0.39 is 0 Å². The van der Waals surface area contributed by atoms with Crippen LogP contribution >= 0.6 is 0 Å². The van der Waals surface area contributed by atoms with E-state index in [9.17, 15) is 0 Å². The molecule has 0 aliphatic rings. The van der Waals surface area contributed by atoms with Crippen LogP contribution in [0.2, 0.25) is 0 Å². The summed E-state index contributed by atoms with van der Waals surface area (Å²) in [4.78, 5) is 4.74. The van der Waals surface area contributed by atoms with Gasteiger partial charge in [0.2, 0.25) is 0 Å². The Hall–Kier alpha value is -1.55. The van der Waals surface area contributed by atoms with Crippen LogP contribution in [0.3, 0.4) is 0 Å². The van der Waals surface area contributed by atoms with Crippen LogP contribution in [-0.4, -0.2) is 23.2 Å². The predicted octanol–water partition coefficient (Wildman–Crippen LogP) is 2.89.